The summed E-state index contributed by atoms with van der Waals surface area (Å²) >= 11 is 0. The first kappa shape index (κ1) is 22.0. The molecule has 2 aromatic carbocycles. The minimum Gasteiger partial charge on any atom is -0.497 e. The van der Waals surface area contributed by atoms with Crippen LogP contribution in [0.25, 0.3) is 11.4 Å². The van der Waals surface area contributed by atoms with Crippen molar-refractivity contribution < 1.29 is 19.0 Å². The van der Waals surface area contributed by atoms with Crippen LogP contribution in [0.1, 0.15) is 38.3 Å². The van der Waals surface area contributed by atoms with Gasteiger partial charge >= 0.3 is 0 Å². The fraction of sp³-hybridized carbons (Fsp3) is 0.346. The fourth-order valence-corrected chi connectivity index (χ4v) is 4.82. The molecule has 0 radical (unpaired) electrons. The largest absolute Gasteiger partial charge is 0.497 e. The zero-order chi connectivity index (χ0) is 24.0. The topological polar surface area (TPSA) is 87.5 Å². The molecule has 0 fully saturated rings. The van der Waals surface area contributed by atoms with E-state index in [1.807, 2.05) is 42.5 Å². The first-order chi connectivity index (χ1) is 16.3. The van der Waals surface area contributed by atoms with Gasteiger partial charge in [0.15, 0.2) is 23.1 Å². The first-order valence-corrected chi connectivity index (χ1v) is 11.2. The molecule has 1 atom stereocenters. The van der Waals surface area contributed by atoms with E-state index in [1.165, 1.54) is 0 Å². The van der Waals surface area contributed by atoms with Gasteiger partial charge in [-0.2, -0.15) is 4.98 Å². The Bertz CT molecular complexity index is 1310. The molecule has 0 amide bonds. The molecule has 0 saturated carbocycles. The van der Waals surface area contributed by atoms with E-state index >= 15 is 0 Å². The highest BCUT2D eigenvalue weighted by Gasteiger charge is 2.42. The van der Waals surface area contributed by atoms with Crippen LogP contribution >= 0.6 is 0 Å². The highest BCUT2D eigenvalue weighted by Crippen LogP contribution is 2.46. The van der Waals surface area contributed by atoms with Gasteiger partial charge < -0.3 is 19.5 Å². The average molecular weight is 461 g/mol. The maximum absolute atomic E-state index is 13.4. The molecular weight excluding hydrogens is 432 g/mol. The third-order valence-corrected chi connectivity index (χ3v) is 6.38. The Morgan fingerprint density at radius 1 is 1.00 bits per heavy atom. The lowest BCUT2D eigenvalue weighted by molar-refractivity contribution is -0.118. The smallest absolute Gasteiger partial charge is 0.226 e. The molecule has 34 heavy (non-hydrogen) atoms. The van der Waals surface area contributed by atoms with Crippen molar-refractivity contribution >= 4 is 11.7 Å². The van der Waals surface area contributed by atoms with Gasteiger partial charge in [-0.25, -0.2) is 4.68 Å². The summed E-state index contributed by atoms with van der Waals surface area (Å²) in [6, 6.07) is 12.9. The number of hydrogen-bond donors (Lipinski definition) is 1. The minimum atomic E-state index is -0.429. The highest BCUT2D eigenvalue weighted by molar-refractivity contribution is 6.00. The summed E-state index contributed by atoms with van der Waals surface area (Å²) in [5, 5.41) is 8.26. The Morgan fingerprint density at radius 3 is 2.53 bits per heavy atom. The van der Waals surface area contributed by atoms with Crippen LogP contribution in [-0.2, 0) is 4.79 Å². The molecule has 8 heteroatoms. The summed E-state index contributed by atoms with van der Waals surface area (Å²) in [7, 11) is 4.83. The molecule has 1 unspecified atom stereocenters. The lowest BCUT2D eigenvalue weighted by Gasteiger charge is -2.38. The number of ether oxygens (including phenoxy) is 3. The van der Waals surface area contributed by atoms with Gasteiger partial charge in [0.2, 0.25) is 5.95 Å². The second-order valence-corrected chi connectivity index (χ2v) is 9.41. The van der Waals surface area contributed by atoms with Gasteiger partial charge in [-0.15, -0.1) is 5.10 Å². The molecule has 5 rings (SSSR count). The van der Waals surface area contributed by atoms with Crippen LogP contribution in [0.5, 0.6) is 17.2 Å². The van der Waals surface area contributed by atoms with E-state index in [2.05, 4.69) is 19.2 Å². The van der Waals surface area contributed by atoms with Gasteiger partial charge in [-0.05, 0) is 41.7 Å². The molecule has 0 saturated heterocycles. The van der Waals surface area contributed by atoms with E-state index in [1.54, 1.807) is 26.0 Å². The molecule has 0 spiro atoms. The summed E-state index contributed by atoms with van der Waals surface area (Å²) in [4.78, 5) is 18.2. The number of Topliss-reactive ketones (excluding diaryl/α,β-unsaturated/α-hetero) is 1. The van der Waals surface area contributed by atoms with Gasteiger partial charge in [-0.3, -0.25) is 4.79 Å². The van der Waals surface area contributed by atoms with Gasteiger partial charge in [0, 0.05) is 23.3 Å². The maximum atomic E-state index is 13.4. The molecule has 3 aromatic rings. The Hall–Kier alpha value is -3.81. The number of hydrogen-bond acceptors (Lipinski definition) is 7. The predicted octanol–water partition coefficient (Wildman–Crippen LogP) is 4.63. The first-order valence-electron chi connectivity index (χ1n) is 11.2. The van der Waals surface area contributed by atoms with Crippen LogP contribution in [0.4, 0.5) is 5.95 Å². The van der Waals surface area contributed by atoms with Gasteiger partial charge in [0.1, 0.15) is 11.8 Å². The van der Waals surface area contributed by atoms with E-state index in [0.717, 1.165) is 34.6 Å². The van der Waals surface area contributed by atoms with Crippen molar-refractivity contribution in [3.05, 3.63) is 59.3 Å². The quantitative estimate of drug-likeness (QED) is 0.594. The maximum Gasteiger partial charge on any atom is 0.226 e. The molecule has 2 aliphatic rings. The van der Waals surface area contributed by atoms with Crippen LogP contribution in [0.15, 0.2) is 53.7 Å². The van der Waals surface area contributed by atoms with Crippen molar-refractivity contribution in [1.82, 2.24) is 14.8 Å². The predicted molar refractivity (Wildman–Crippen MR) is 128 cm³/mol. The monoisotopic (exact) mass is 460 g/mol. The summed E-state index contributed by atoms with van der Waals surface area (Å²) in [6.45, 7) is 4.23. The van der Waals surface area contributed by atoms with E-state index in [0.29, 0.717) is 29.7 Å². The Balaban J connectivity index is 1.68. The number of nitrogens with one attached hydrogen (secondary N) is 1. The molecule has 1 aliphatic carbocycles. The van der Waals surface area contributed by atoms with Gasteiger partial charge in [0.25, 0.3) is 0 Å². The van der Waals surface area contributed by atoms with Crippen molar-refractivity contribution in [3.8, 4) is 28.6 Å². The number of carbonyl (C=O) groups excluding carboxylic acids is 1. The number of aromatic nitrogens is 3. The molecule has 0 bridgehead atoms. The van der Waals surface area contributed by atoms with Crippen LogP contribution in [0.2, 0.25) is 0 Å². The number of fused-ring (bicyclic) bond motifs is 1. The zero-order valence-corrected chi connectivity index (χ0v) is 20.0. The number of allylic oxidation sites excluding steroid dienone is 2. The lowest BCUT2D eigenvalue weighted by Crippen LogP contribution is -2.36. The summed E-state index contributed by atoms with van der Waals surface area (Å²) in [5.74, 6) is 3.22. The van der Waals surface area contributed by atoms with E-state index in [4.69, 9.17) is 24.3 Å². The molecule has 1 aliphatic heterocycles. The molecule has 1 N–H and O–H groups in total. The second-order valence-electron chi connectivity index (χ2n) is 9.41. The van der Waals surface area contributed by atoms with Crippen LogP contribution in [0, 0.1) is 5.41 Å². The SMILES string of the molecule is COc1cccc(-c2nc3n(n2)C(c2ccc(OC)c(OC)c2)C2=C(CC(C)(C)CC2=O)N3)c1. The van der Waals surface area contributed by atoms with Crippen molar-refractivity contribution in [3.63, 3.8) is 0 Å². The third kappa shape index (κ3) is 3.69. The average Bonchev–Trinajstić information content (AvgIpc) is 3.25. The number of methoxy groups -OCH3 is 3. The number of anilines is 1. The molecule has 2 heterocycles. The molecule has 8 nitrogen and oxygen atoms in total. The minimum absolute atomic E-state index is 0.114. The standard InChI is InChI=1S/C26H28N4O4/c1-26(2)13-18-22(19(31)14-26)23(15-9-10-20(33-4)21(12-15)34-5)30-25(27-18)28-24(29-30)16-7-6-8-17(11-16)32-3/h6-12,23H,13-14H2,1-5H3,(H,27,28,29). The van der Waals surface area contributed by atoms with Crippen LogP contribution in [0.3, 0.4) is 0 Å². The van der Waals surface area contributed by atoms with Gasteiger partial charge in [-0.1, -0.05) is 32.0 Å². The number of nitrogens with zero attached hydrogens (tertiary/aromatic N) is 3. The lowest BCUT2D eigenvalue weighted by atomic mass is 9.73. The second kappa shape index (κ2) is 8.20. The van der Waals surface area contributed by atoms with Crippen molar-refractivity contribution in [2.24, 2.45) is 5.41 Å². The Labute approximate surface area is 198 Å². The summed E-state index contributed by atoms with van der Waals surface area (Å²) in [5.41, 5.74) is 3.20. The highest BCUT2D eigenvalue weighted by atomic mass is 16.5. The van der Waals surface area contributed by atoms with Crippen LogP contribution < -0.4 is 19.5 Å². The van der Waals surface area contributed by atoms with E-state index < -0.39 is 6.04 Å². The number of benzene rings is 2. The summed E-state index contributed by atoms with van der Waals surface area (Å²) < 4.78 is 18.1. The third-order valence-electron chi connectivity index (χ3n) is 6.38. The zero-order valence-electron chi connectivity index (χ0n) is 20.0. The van der Waals surface area contributed by atoms with E-state index in [9.17, 15) is 4.79 Å². The number of rotatable bonds is 5. The van der Waals surface area contributed by atoms with Gasteiger partial charge in [0.05, 0.1) is 21.3 Å². The van der Waals surface area contributed by atoms with Crippen molar-refractivity contribution in [2.75, 3.05) is 26.6 Å². The Kier molecular flexibility index (Phi) is 5.31. The van der Waals surface area contributed by atoms with Crippen molar-refractivity contribution in [2.45, 2.75) is 32.7 Å². The number of carbonyl (C=O) groups is 1. The number of ketones is 1. The van der Waals surface area contributed by atoms with Crippen LogP contribution in [-0.4, -0.2) is 41.9 Å². The fourth-order valence-electron chi connectivity index (χ4n) is 4.82. The Morgan fingerprint density at radius 2 is 1.79 bits per heavy atom. The summed E-state index contributed by atoms with van der Waals surface area (Å²) in [6.07, 6.45) is 1.23. The van der Waals surface area contributed by atoms with Crippen molar-refractivity contribution in [1.29, 1.82) is 0 Å². The molecule has 1 aromatic heterocycles. The normalized spacial score (nSPS) is 18.6. The molecular formula is C26H28N4O4. The van der Waals surface area contributed by atoms with E-state index in [-0.39, 0.29) is 11.2 Å². The molecule has 176 valence electrons.